The average Bonchev–Trinajstić information content (AvgIpc) is 3.31. The molecule has 3 heterocycles. The number of aromatic nitrogens is 1. The van der Waals surface area contributed by atoms with Crippen LogP contribution in [-0.4, -0.2) is 42.4 Å². The largest absolute Gasteiger partial charge is 0.493 e. The predicted molar refractivity (Wildman–Crippen MR) is 117 cm³/mol. The monoisotopic (exact) mass is 406 g/mol. The molecule has 2 aromatic carbocycles. The maximum atomic E-state index is 5.93. The zero-order valence-corrected chi connectivity index (χ0v) is 17.6. The molecule has 0 saturated carbocycles. The number of benzene rings is 2. The molecule has 0 radical (unpaired) electrons. The molecule has 5 heteroatoms. The predicted octanol–water partition coefficient (Wildman–Crippen LogP) is 5.41. The molecule has 5 rings (SSSR count). The Hall–Kier alpha value is -2.53. The highest BCUT2D eigenvalue weighted by atomic mass is 16.5. The first-order chi connectivity index (χ1) is 14.8. The molecule has 2 unspecified atom stereocenters. The lowest BCUT2D eigenvalue weighted by Gasteiger charge is -2.38. The summed E-state index contributed by atoms with van der Waals surface area (Å²) in [7, 11) is 1.68. The van der Waals surface area contributed by atoms with Gasteiger partial charge in [0.2, 0.25) is 0 Å². The molecule has 2 bridgehead atoms. The second-order valence-corrected chi connectivity index (χ2v) is 8.56. The van der Waals surface area contributed by atoms with Crippen molar-refractivity contribution in [2.75, 3.05) is 20.3 Å². The molecule has 0 amide bonds. The summed E-state index contributed by atoms with van der Waals surface area (Å²) in [5.74, 6) is 2.16. The molecular formula is C25H30N2O3. The SMILES string of the molecule is COc1ccccc1OCCCCN1C2CCC1CC(c1noc3ccccc13)C2. The summed E-state index contributed by atoms with van der Waals surface area (Å²) in [4.78, 5) is 2.75. The van der Waals surface area contributed by atoms with Gasteiger partial charge >= 0.3 is 0 Å². The Labute approximate surface area is 177 Å². The number of fused-ring (bicyclic) bond motifs is 3. The van der Waals surface area contributed by atoms with E-state index < -0.39 is 0 Å². The molecule has 2 saturated heterocycles. The summed E-state index contributed by atoms with van der Waals surface area (Å²) in [5, 5.41) is 5.65. The quantitative estimate of drug-likeness (QED) is 0.468. The first-order valence-electron chi connectivity index (χ1n) is 11.2. The van der Waals surface area contributed by atoms with Gasteiger partial charge in [-0.2, -0.15) is 0 Å². The highest BCUT2D eigenvalue weighted by molar-refractivity contribution is 5.79. The van der Waals surface area contributed by atoms with E-state index in [9.17, 15) is 0 Å². The highest BCUT2D eigenvalue weighted by Gasteiger charge is 2.41. The Morgan fingerprint density at radius 1 is 0.967 bits per heavy atom. The van der Waals surface area contributed by atoms with Crippen LogP contribution in [0.1, 0.15) is 50.1 Å². The van der Waals surface area contributed by atoms with Crippen molar-refractivity contribution in [3.63, 3.8) is 0 Å². The van der Waals surface area contributed by atoms with E-state index in [1.54, 1.807) is 7.11 Å². The summed E-state index contributed by atoms with van der Waals surface area (Å²) < 4.78 is 16.9. The van der Waals surface area contributed by atoms with Gasteiger partial charge in [-0.1, -0.05) is 29.4 Å². The fraction of sp³-hybridized carbons (Fsp3) is 0.480. The van der Waals surface area contributed by atoms with Gasteiger partial charge in [-0.3, -0.25) is 4.90 Å². The topological polar surface area (TPSA) is 47.7 Å². The molecule has 0 spiro atoms. The summed E-state index contributed by atoms with van der Waals surface area (Å²) >= 11 is 0. The van der Waals surface area contributed by atoms with Crippen LogP contribution in [0.4, 0.5) is 0 Å². The third-order valence-corrected chi connectivity index (χ3v) is 6.81. The Morgan fingerprint density at radius 2 is 1.70 bits per heavy atom. The molecule has 3 aromatic rings. The summed E-state index contributed by atoms with van der Waals surface area (Å²) in [5.41, 5.74) is 2.09. The summed E-state index contributed by atoms with van der Waals surface area (Å²) in [6, 6.07) is 17.5. The second kappa shape index (κ2) is 8.68. The van der Waals surface area contributed by atoms with Crippen molar-refractivity contribution >= 4 is 11.0 Å². The minimum Gasteiger partial charge on any atom is -0.493 e. The molecule has 2 aliphatic heterocycles. The van der Waals surface area contributed by atoms with E-state index >= 15 is 0 Å². The molecule has 30 heavy (non-hydrogen) atoms. The second-order valence-electron chi connectivity index (χ2n) is 8.56. The third kappa shape index (κ3) is 3.79. The molecule has 2 fully saturated rings. The van der Waals surface area contributed by atoms with Crippen LogP contribution in [-0.2, 0) is 0 Å². The van der Waals surface area contributed by atoms with Gasteiger partial charge in [0.15, 0.2) is 17.1 Å². The number of hydrogen-bond acceptors (Lipinski definition) is 5. The first kappa shape index (κ1) is 19.4. The van der Waals surface area contributed by atoms with Crippen LogP contribution in [0.25, 0.3) is 11.0 Å². The smallest absolute Gasteiger partial charge is 0.167 e. The lowest BCUT2D eigenvalue weighted by Crippen LogP contribution is -2.42. The highest BCUT2D eigenvalue weighted by Crippen LogP contribution is 2.44. The lowest BCUT2D eigenvalue weighted by atomic mass is 9.86. The van der Waals surface area contributed by atoms with Crippen molar-refractivity contribution in [1.29, 1.82) is 0 Å². The van der Waals surface area contributed by atoms with Crippen molar-refractivity contribution in [3.05, 3.63) is 54.2 Å². The third-order valence-electron chi connectivity index (χ3n) is 6.81. The van der Waals surface area contributed by atoms with Crippen molar-refractivity contribution in [3.8, 4) is 11.5 Å². The number of nitrogens with zero attached hydrogens (tertiary/aromatic N) is 2. The number of piperidine rings is 1. The van der Waals surface area contributed by atoms with Gasteiger partial charge in [-0.15, -0.1) is 0 Å². The fourth-order valence-corrected chi connectivity index (χ4v) is 5.38. The zero-order chi connectivity index (χ0) is 20.3. The Bertz CT molecular complexity index is 971. The van der Waals surface area contributed by atoms with Crippen molar-refractivity contribution < 1.29 is 14.0 Å². The average molecular weight is 407 g/mol. The Morgan fingerprint density at radius 3 is 2.50 bits per heavy atom. The number of unbranched alkanes of at least 4 members (excludes halogenated alkanes) is 1. The Balaban J connectivity index is 1.13. The van der Waals surface area contributed by atoms with E-state index in [0.717, 1.165) is 36.7 Å². The van der Waals surface area contributed by atoms with Crippen LogP contribution < -0.4 is 9.47 Å². The van der Waals surface area contributed by atoms with Crippen LogP contribution in [0.15, 0.2) is 53.1 Å². The lowest BCUT2D eigenvalue weighted by molar-refractivity contribution is 0.120. The van der Waals surface area contributed by atoms with Gasteiger partial charge in [-0.25, -0.2) is 0 Å². The van der Waals surface area contributed by atoms with Crippen LogP contribution >= 0.6 is 0 Å². The van der Waals surface area contributed by atoms with E-state index in [1.807, 2.05) is 36.4 Å². The summed E-state index contributed by atoms with van der Waals surface area (Å²) in [6.07, 6.45) is 7.25. The number of hydrogen-bond donors (Lipinski definition) is 0. The molecule has 0 aliphatic carbocycles. The van der Waals surface area contributed by atoms with E-state index in [2.05, 4.69) is 22.2 Å². The van der Waals surface area contributed by atoms with Crippen LogP contribution in [0.2, 0.25) is 0 Å². The molecule has 5 nitrogen and oxygen atoms in total. The molecule has 1 aromatic heterocycles. The minimum absolute atomic E-state index is 0.524. The molecular weight excluding hydrogens is 376 g/mol. The van der Waals surface area contributed by atoms with Crippen LogP contribution in [0.3, 0.4) is 0 Å². The van der Waals surface area contributed by atoms with Gasteiger partial charge in [0.05, 0.1) is 19.4 Å². The van der Waals surface area contributed by atoms with Crippen molar-refractivity contribution in [1.82, 2.24) is 10.1 Å². The molecule has 2 aliphatic rings. The van der Waals surface area contributed by atoms with Gasteiger partial charge in [0, 0.05) is 23.4 Å². The number of ether oxygens (including phenoxy) is 2. The number of rotatable bonds is 8. The fourth-order valence-electron chi connectivity index (χ4n) is 5.38. The zero-order valence-electron chi connectivity index (χ0n) is 17.6. The van der Waals surface area contributed by atoms with E-state index in [-0.39, 0.29) is 0 Å². The maximum Gasteiger partial charge on any atom is 0.167 e. The minimum atomic E-state index is 0.524. The van der Waals surface area contributed by atoms with E-state index in [4.69, 9.17) is 14.0 Å². The molecule has 0 N–H and O–H groups in total. The Kier molecular flexibility index (Phi) is 5.63. The number of para-hydroxylation sites is 3. The van der Waals surface area contributed by atoms with Gasteiger partial charge < -0.3 is 14.0 Å². The summed E-state index contributed by atoms with van der Waals surface area (Å²) in [6.45, 7) is 1.90. The van der Waals surface area contributed by atoms with E-state index in [0.29, 0.717) is 18.0 Å². The number of methoxy groups -OCH3 is 1. The van der Waals surface area contributed by atoms with Gasteiger partial charge in [0.1, 0.15) is 0 Å². The van der Waals surface area contributed by atoms with Crippen molar-refractivity contribution in [2.24, 2.45) is 0 Å². The van der Waals surface area contributed by atoms with Crippen LogP contribution in [0, 0.1) is 0 Å². The standard InChI is InChI=1S/C25H30N2O3/c1-28-23-10-4-5-11-24(23)29-15-7-6-14-27-19-12-13-20(27)17-18(16-19)25-21-8-2-3-9-22(21)30-26-25/h2-5,8-11,18-20H,6-7,12-17H2,1H3. The van der Waals surface area contributed by atoms with Crippen molar-refractivity contribution in [2.45, 2.75) is 56.5 Å². The maximum absolute atomic E-state index is 5.93. The molecule has 2 atom stereocenters. The van der Waals surface area contributed by atoms with Gasteiger partial charge in [-0.05, 0) is 69.3 Å². The van der Waals surface area contributed by atoms with E-state index in [1.165, 1.54) is 43.2 Å². The van der Waals surface area contributed by atoms with Gasteiger partial charge in [0.25, 0.3) is 0 Å². The van der Waals surface area contributed by atoms with Crippen LogP contribution in [0.5, 0.6) is 11.5 Å². The first-order valence-corrected chi connectivity index (χ1v) is 11.2. The normalized spacial score (nSPS) is 23.7. The molecule has 158 valence electrons.